The van der Waals surface area contributed by atoms with E-state index in [1.807, 2.05) is 30.3 Å². The van der Waals surface area contributed by atoms with Crippen molar-refractivity contribution in [2.75, 3.05) is 17.2 Å². The zero-order valence-electron chi connectivity index (χ0n) is 14.7. The minimum absolute atomic E-state index is 0.0827. The molecule has 0 heterocycles. The van der Waals surface area contributed by atoms with Crippen LogP contribution in [-0.4, -0.2) is 12.5 Å². The van der Waals surface area contributed by atoms with Crippen LogP contribution in [0.3, 0.4) is 0 Å². The number of rotatable bonds is 7. The first-order valence-electron chi connectivity index (χ1n) is 8.46. The van der Waals surface area contributed by atoms with E-state index < -0.39 is 0 Å². The summed E-state index contributed by atoms with van der Waals surface area (Å²) in [4.78, 5) is 12.0. The third-order valence-electron chi connectivity index (χ3n) is 3.84. The largest absolute Gasteiger partial charge is 0.484 e. The average molecular weight is 436 g/mol. The molecular formula is C21H17Cl3N2O2. The molecule has 0 bridgehead atoms. The summed E-state index contributed by atoms with van der Waals surface area (Å²) in [6, 6.07) is 19.7. The molecule has 0 saturated heterocycles. The van der Waals surface area contributed by atoms with Gasteiger partial charge in [0.2, 0.25) is 0 Å². The van der Waals surface area contributed by atoms with Crippen molar-refractivity contribution in [3.05, 3.63) is 87.4 Å². The first-order valence-corrected chi connectivity index (χ1v) is 9.59. The zero-order valence-corrected chi connectivity index (χ0v) is 17.0. The quantitative estimate of drug-likeness (QED) is 0.459. The number of amides is 1. The Bertz CT molecular complexity index is 945. The number of carbonyl (C=O) groups excluding carboxylic acids is 1. The van der Waals surface area contributed by atoms with Gasteiger partial charge in [0.1, 0.15) is 5.75 Å². The molecule has 144 valence electrons. The molecule has 0 aliphatic rings. The number of benzene rings is 3. The fourth-order valence-electron chi connectivity index (χ4n) is 2.41. The summed E-state index contributed by atoms with van der Waals surface area (Å²) in [5, 5.41) is 7.77. The van der Waals surface area contributed by atoms with Gasteiger partial charge in [-0.1, -0.05) is 46.9 Å². The fraction of sp³-hybridized carbons (Fsp3) is 0.0952. The molecule has 0 aromatic heterocycles. The maximum absolute atomic E-state index is 12.0. The molecular weight excluding hydrogens is 419 g/mol. The van der Waals surface area contributed by atoms with Crippen molar-refractivity contribution in [3.63, 3.8) is 0 Å². The predicted molar refractivity (Wildman–Crippen MR) is 116 cm³/mol. The van der Waals surface area contributed by atoms with Crippen LogP contribution in [0.4, 0.5) is 11.4 Å². The minimum Gasteiger partial charge on any atom is -0.484 e. The van der Waals surface area contributed by atoms with Crippen LogP contribution >= 0.6 is 34.8 Å². The number of nitrogens with one attached hydrogen (secondary N) is 2. The van der Waals surface area contributed by atoms with Gasteiger partial charge >= 0.3 is 0 Å². The molecule has 2 N–H and O–H groups in total. The van der Waals surface area contributed by atoms with Crippen molar-refractivity contribution >= 4 is 52.1 Å². The summed E-state index contributed by atoms with van der Waals surface area (Å²) in [7, 11) is 0. The van der Waals surface area contributed by atoms with E-state index in [9.17, 15) is 4.79 Å². The lowest BCUT2D eigenvalue weighted by Gasteiger charge is -2.10. The van der Waals surface area contributed by atoms with Crippen LogP contribution in [0.2, 0.25) is 15.1 Å². The van der Waals surface area contributed by atoms with E-state index in [-0.39, 0.29) is 12.5 Å². The summed E-state index contributed by atoms with van der Waals surface area (Å²) in [6.45, 7) is 0.513. The van der Waals surface area contributed by atoms with E-state index in [2.05, 4.69) is 10.6 Å². The topological polar surface area (TPSA) is 50.4 Å². The molecule has 28 heavy (non-hydrogen) atoms. The summed E-state index contributed by atoms with van der Waals surface area (Å²) >= 11 is 17.9. The van der Waals surface area contributed by atoms with Gasteiger partial charge in [0.05, 0.1) is 10.7 Å². The molecule has 4 nitrogen and oxygen atoms in total. The van der Waals surface area contributed by atoms with Crippen LogP contribution in [0.5, 0.6) is 5.75 Å². The predicted octanol–water partition coefficient (Wildman–Crippen LogP) is 6.28. The third-order valence-corrected chi connectivity index (χ3v) is 4.64. The average Bonchev–Trinajstić information content (AvgIpc) is 2.68. The van der Waals surface area contributed by atoms with E-state index in [1.54, 1.807) is 36.4 Å². The van der Waals surface area contributed by atoms with E-state index in [1.165, 1.54) is 0 Å². The third kappa shape index (κ3) is 6.06. The summed E-state index contributed by atoms with van der Waals surface area (Å²) < 4.78 is 5.52. The van der Waals surface area contributed by atoms with Gasteiger partial charge in [0, 0.05) is 22.3 Å². The van der Waals surface area contributed by atoms with Crippen molar-refractivity contribution in [1.29, 1.82) is 0 Å². The standard InChI is InChI=1S/C21H17Cl3N2O2/c22-15-3-6-17(7-4-15)26-21(27)13-28-18-8-1-14(2-9-18)12-25-20-10-5-16(23)11-19(20)24/h1-11,25H,12-13H2,(H,26,27). The molecule has 0 aliphatic heterocycles. The maximum atomic E-state index is 12.0. The molecule has 0 saturated carbocycles. The number of halogens is 3. The second kappa shape index (κ2) is 9.69. The van der Waals surface area contributed by atoms with Crippen LogP contribution in [0.15, 0.2) is 66.7 Å². The summed E-state index contributed by atoms with van der Waals surface area (Å²) in [6.07, 6.45) is 0. The lowest BCUT2D eigenvalue weighted by atomic mass is 10.2. The molecule has 0 radical (unpaired) electrons. The second-order valence-corrected chi connectivity index (χ2v) is 7.25. The first kappa shape index (κ1) is 20.3. The Balaban J connectivity index is 1.47. The van der Waals surface area contributed by atoms with Gasteiger partial charge in [0.25, 0.3) is 5.91 Å². The molecule has 3 aromatic rings. The number of anilines is 2. The Labute approximate surface area is 178 Å². The lowest BCUT2D eigenvalue weighted by Crippen LogP contribution is -2.20. The van der Waals surface area contributed by atoms with Gasteiger partial charge in [-0.25, -0.2) is 0 Å². The second-order valence-electron chi connectivity index (χ2n) is 5.97. The van der Waals surface area contributed by atoms with E-state index in [0.717, 1.165) is 11.3 Å². The Morgan fingerprint density at radius 2 is 1.54 bits per heavy atom. The van der Waals surface area contributed by atoms with Crippen LogP contribution in [0, 0.1) is 0 Å². The van der Waals surface area contributed by atoms with Crippen molar-refractivity contribution in [2.24, 2.45) is 0 Å². The van der Waals surface area contributed by atoms with Crippen molar-refractivity contribution in [1.82, 2.24) is 0 Å². The van der Waals surface area contributed by atoms with Crippen molar-refractivity contribution in [3.8, 4) is 5.75 Å². The fourth-order valence-corrected chi connectivity index (χ4v) is 3.01. The molecule has 7 heteroatoms. The molecule has 3 rings (SSSR count). The Morgan fingerprint density at radius 1 is 0.857 bits per heavy atom. The van der Waals surface area contributed by atoms with Gasteiger partial charge in [0.15, 0.2) is 6.61 Å². The van der Waals surface area contributed by atoms with E-state index in [0.29, 0.717) is 33.0 Å². The Hall–Kier alpha value is -2.40. The molecule has 0 unspecified atom stereocenters. The zero-order chi connectivity index (χ0) is 19.9. The maximum Gasteiger partial charge on any atom is 0.262 e. The van der Waals surface area contributed by atoms with Gasteiger partial charge in [-0.15, -0.1) is 0 Å². The number of carbonyl (C=O) groups is 1. The molecule has 3 aromatic carbocycles. The highest BCUT2D eigenvalue weighted by molar-refractivity contribution is 6.36. The van der Waals surface area contributed by atoms with E-state index in [4.69, 9.17) is 39.5 Å². The highest BCUT2D eigenvalue weighted by Gasteiger charge is 2.05. The molecule has 0 aliphatic carbocycles. The van der Waals surface area contributed by atoms with Crippen LogP contribution in [0.1, 0.15) is 5.56 Å². The van der Waals surface area contributed by atoms with Crippen molar-refractivity contribution < 1.29 is 9.53 Å². The minimum atomic E-state index is -0.245. The van der Waals surface area contributed by atoms with Crippen molar-refractivity contribution in [2.45, 2.75) is 6.54 Å². The van der Waals surface area contributed by atoms with Gasteiger partial charge in [-0.3, -0.25) is 4.79 Å². The van der Waals surface area contributed by atoms with Gasteiger partial charge in [-0.2, -0.15) is 0 Å². The monoisotopic (exact) mass is 434 g/mol. The Kier molecular flexibility index (Phi) is 7.04. The molecule has 0 atom stereocenters. The molecule has 1 amide bonds. The van der Waals surface area contributed by atoms with Gasteiger partial charge < -0.3 is 15.4 Å². The normalized spacial score (nSPS) is 10.4. The van der Waals surface area contributed by atoms with Crippen LogP contribution in [-0.2, 0) is 11.3 Å². The van der Waals surface area contributed by atoms with Crippen LogP contribution in [0.25, 0.3) is 0 Å². The van der Waals surface area contributed by atoms with E-state index >= 15 is 0 Å². The summed E-state index contributed by atoms with van der Waals surface area (Å²) in [5.74, 6) is 0.366. The molecule has 0 fully saturated rings. The number of ether oxygens (including phenoxy) is 1. The first-order chi connectivity index (χ1) is 13.5. The lowest BCUT2D eigenvalue weighted by molar-refractivity contribution is -0.118. The van der Waals surface area contributed by atoms with Crippen LogP contribution < -0.4 is 15.4 Å². The SMILES string of the molecule is O=C(COc1ccc(CNc2ccc(Cl)cc2Cl)cc1)Nc1ccc(Cl)cc1. The highest BCUT2D eigenvalue weighted by Crippen LogP contribution is 2.26. The summed E-state index contributed by atoms with van der Waals surface area (Å²) in [5.41, 5.74) is 2.52. The number of hydrogen-bond acceptors (Lipinski definition) is 3. The smallest absolute Gasteiger partial charge is 0.262 e. The van der Waals surface area contributed by atoms with Gasteiger partial charge in [-0.05, 0) is 60.2 Å². The molecule has 0 spiro atoms. The highest BCUT2D eigenvalue weighted by atomic mass is 35.5. The Morgan fingerprint density at radius 3 is 2.21 bits per heavy atom. The number of hydrogen-bond donors (Lipinski definition) is 2.